The van der Waals surface area contributed by atoms with Crippen molar-refractivity contribution in [2.24, 2.45) is 10.7 Å². The summed E-state index contributed by atoms with van der Waals surface area (Å²) in [5.41, 5.74) is 6.23. The van der Waals surface area contributed by atoms with Crippen LogP contribution in [0.15, 0.2) is 29.3 Å². The van der Waals surface area contributed by atoms with E-state index in [-0.39, 0.29) is 36.1 Å². The van der Waals surface area contributed by atoms with Crippen molar-refractivity contribution >= 4 is 41.5 Å². The van der Waals surface area contributed by atoms with Crippen LogP contribution >= 0.6 is 35.6 Å². The molecule has 0 bridgehead atoms. The fraction of sp³-hybridized carbons (Fsp3) is 0.462. The molecule has 1 rings (SSSR count). The van der Waals surface area contributed by atoms with Crippen molar-refractivity contribution in [3.8, 4) is 0 Å². The number of nitrogens with one attached hydrogen (secondary N) is 1. The average molecular weight is 398 g/mol. The summed E-state index contributed by atoms with van der Waals surface area (Å²) in [5.74, 6) is 0.314. The topological polar surface area (TPSA) is 70.6 Å². The molecular formula is C13H21ClIN3O. The van der Waals surface area contributed by atoms with Crippen LogP contribution in [-0.4, -0.2) is 23.1 Å². The van der Waals surface area contributed by atoms with Crippen LogP contribution in [0.5, 0.6) is 0 Å². The van der Waals surface area contributed by atoms with E-state index < -0.39 is 6.10 Å². The molecule has 0 saturated carbocycles. The van der Waals surface area contributed by atoms with Crippen LogP contribution in [0.2, 0.25) is 5.02 Å². The van der Waals surface area contributed by atoms with E-state index in [1.165, 1.54) is 0 Å². The van der Waals surface area contributed by atoms with Crippen LogP contribution in [0.25, 0.3) is 0 Å². The zero-order valence-corrected chi connectivity index (χ0v) is 14.4. The number of benzene rings is 1. The summed E-state index contributed by atoms with van der Waals surface area (Å²) in [4.78, 5) is 4.10. The Kier molecular flexibility index (Phi) is 7.69. The lowest BCUT2D eigenvalue weighted by Crippen LogP contribution is -2.45. The third-order valence-corrected chi connectivity index (χ3v) is 2.55. The lowest BCUT2D eigenvalue weighted by atomic mass is 10.1. The summed E-state index contributed by atoms with van der Waals surface area (Å²) in [5, 5.41) is 13.5. The van der Waals surface area contributed by atoms with Gasteiger partial charge in [-0.1, -0.05) is 29.8 Å². The molecule has 4 nitrogen and oxygen atoms in total. The first-order chi connectivity index (χ1) is 8.29. The Morgan fingerprint density at radius 3 is 2.53 bits per heavy atom. The highest BCUT2D eigenvalue weighted by Gasteiger charge is 2.12. The largest absolute Gasteiger partial charge is 0.386 e. The predicted octanol–water partition coefficient (Wildman–Crippen LogP) is 2.69. The molecule has 0 amide bonds. The fourth-order valence-corrected chi connectivity index (χ4v) is 1.71. The normalized spacial score (nSPS) is 13.6. The van der Waals surface area contributed by atoms with Crippen LogP contribution in [-0.2, 0) is 0 Å². The second-order valence-corrected chi connectivity index (χ2v) is 5.55. The Labute approximate surface area is 136 Å². The molecule has 108 valence electrons. The molecular weight excluding hydrogens is 377 g/mol. The molecule has 0 spiro atoms. The summed E-state index contributed by atoms with van der Waals surface area (Å²) in [6.07, 6.45) is -0.751. The van der Waals surface area contributed by atoms with Crippen LogP contribution in [0.4, 0.5) is 0 Å². The Bertz CT molecular complexity index is 432. The van der Waals surface area contributed by atoms with Gasteiger partial charge in [-0.2, -0.15) is 0 Å². The number of hydrogen-bond donors (Lipinski definition) is 3. The van der Waals surface area contributed by atoms with Gasteiger partial charge in [0.05, 0.1) is 6.54 Å². The van der Waals surface area contributed by atoms with Gasteiger partial charge in [-0.05, 0) is 26.8 Å². The van der Waals surface area contributed by atoms with Crippen LogP contribution in [0.3, 0.4) is 0 Å². The molecule has 1 aromatic carbocycles. The maximum atomic E-state index is 9.97. The molecule has 0 radical (unpaired) electrons. The van der Waals surface area contributed by atoms with E-state index in [9.17, 15) is 5.11 Å². The van der Waals surface area contributed by atoms with Crippen LogP contribution in [0.1, 0.15) is 32.4 Å². The van der Waals surface area contributed by atoms with Crippen molar-refractivity contribution in [3.05, 3.63) is 34.9 Å². The van der Waals surface area contributed by atoms with E-state index in [1.807, 2.05) is 32.9 Å². The number of nitrogens with zero attached hydrogens (tertiary/aromatic N) is 1. The van der Waals surface area contributed by atoms with Crippen molar-refractivity contribution in [2.45, 2.75) is 32.4 Å². The van der Waals surface area contributed by atoms with E-state index >= 15 is 0 Å². The van der Waals surface area contributed by atoms with Crippen molar-refractivity contribution in [2.75, 3.05) is 6.54 Å². The van der Waals surface area contributed by atoms with Crippen molar-refractivity contribution in [3.63, 3.8) is 0 Å². The van der Waals surface area contributed by atoms with E-state index in [0.29, 0.717) is 16.5 Å². The Balaban J connectivity index is 0.00000324. The van der Waals surface area contributed by atoms with E-state index in [1.54, 1.807) is 12.1 Å². The molecule has 6 heteroatoms. The second kappa shape index (κ2) is 7.91. The molecule has 0 saturated heterocycles. The molecule has 1 unspecified atom stereocenters. The molecule has 0 aliphatic rings. The second-order valence-electron chi connectivity index (χ2n) is 5.14. The monoisotopic (exact) mass is 397 g/mol. The van der Waals surface area contributed by atoms with E-state index in [0.717, 1.165) is 0 Å². The SMILES string of the molecule is CC(C)(C)NC(N)=NCC(O)c1ccccc1Cl.I. The highest BCUT2D eigenvalue weighted by atomic mass is 127. The van der Waals surface area contributed by atoms with Crippen LogP contribution < -0.4 is 11.1 Å². The van der Waals surface area contributed by atoms with Gasteiger partial charge in [-0.25, -0.2) is 0 Å². The third kappa shape index (κ3) is 6.98. The maximum absolute atomic E-state index is 9.97. The fourth-order valence-electron chi connectivity index (χ4n) is 1.45. The highest BCUT2D eigenvalue weighted by Crippen LogP contribution is 2.22. The number of halogens is 2. The van der Waals surface area contributed by atoms with Gasteiger partial charge in [-0.3, -0.25) is 4.99 Å². The van der Waals surface area contributed by atoms with Crippen molar-refractivity contribution in [1.82, 2.24) is 5.32 Å². The number of aliphatic imine (C=N–C) groups is 1. The first-order valence-corrected chi connectivity index (χ1v) is 6.18. The van der Waals surface area contributed by atoms with Crippen molar-refractivity contribution in [1.29, 1.82) is 0 Å². The zero-order chi connectivity index (χ0) is 13.8. The Morgan fingerprint density at radius 1 is 1.42 bits per heavy atom. The minimum absolute atomic E-state index is 0. The first-order valence-electron chi connectivity index (χ1n) is 5.80. The summed E-state index contributed by atoms with van der Waals surface area (Å²) in [6.45, 7) is 6.14. The van der Waals surface area contributed by atoms with Gasteiger partial charge in [-0.15, -0.1) is 24.0 Å². The smallest absolute Gasteiger partial charge is 0.189 e. The highest BCUT2D eigenvalue weighted by molar-refractivity contribution is 14.0. The number of aliphatic hydroxyl groups excluding tert-OH is 1. The lowest BCUT2D eigenvalue weighted by Gasteiger charge is -2.21. The van der Waals surface area contributed by atoms with Crippen molar-refractivity contribution < 1.29 is 5.11 Å². The van der Waals surface area contributed by atoms with Gasteiger partial charge in [0.1, 0.15) is 6.10 Å². The van der Waals surface area contributed by atoms with E-state index in [2.05, 4.69) is 10.3 Å². The standard InChI is InChI=1S/C13H20ClN3O.HI/c1-13(2,3)17-12(15)16-8-11(18)9-6-4-5-7-10(9)14;/h4-7,11,18H,8H2,1-3H3,(H3,15,16,17);1H. The third-order valence-electron chi connectivity index (χ3n) is 2.20. The number of hydrogen-bond acceptors (Lipinski definition) is 2. The Morgan fingerprint density at radius 2 is 2.00 bits per heavy atom. The number of rotatable bonds is 3. The molecule has 0 aliphatic heterocycles. The minimum Gasteiger partial charge on any atom is -0.386 e. The summed E-state index contributed by atoms with van der Waals surface area (Å²) in [7, 11) is 0. The van der Waals surface area contributed by atoms with Gasteiger partial charge < -0.3 is 16.2 Å². The maximum Gasteiger partial charge on any atom is 0.189 e. The van der Waals surface area contributed by atoms with Gasteiger partial charge >= 0.3 is 0 Å². The molecule has 4 N–H and O–H groups in total. The summed E-state index contributed by atoms with van der Waals surface area (Å²) in [6, 6.07) is 7.15. The quantitative estimate of drug-likeness (QED) is 0.417. The summed E-state index contributed by atoms with van der Waals surface area (Å²) >= 11 is 5.99. The first kappa shape index (κ1) is 18.5. The average Bonchev–Trinajstić information content (AvgIpc) is 2.24. The van der Waals surface area contributed by atoms with Gasteiger partial charge in [0.25, 0.3) is 0 Å². The molecule has 1 atom stereocenters. The molecule has 0 heterocycles. The minimum atomic E-state index is -0.751. The number of nitrogens with two attached hydrogens (primary N) is 1. The van der Waals surface area contributed by atoms with Gasteiger partial charge in [0, 0.05) is 16.1 Å². The van der Waals surface area contributed by atoms with E-state index in [4.69, 9.17) is 17.3 Å². The number of aliphatic hydroxyl groups is 1. The van der Waals surface area contributed by atoms with Gasteiger partial charge in [0.2, 0.25) is 0 Å². The van der Waals surface area contributed by atoms with Gasteiger partial charge in [0.15, 0.2) is 5.96 Å². The summed E-state index contributed by atoms with van der Waals surface area (Å²) < 4.78 is 0. The Hall–Kier alpha value is -0.530. The molecule has 0 aromatic heterocycles. The zero-order valence-electron chi connectivity index (χ0n) is 11.4. The number of guanidine groups is 1. The molecule has 0 aliphatic carbocycles. The van der Waals surface area contributed by atoms with Crippen LogP contribution in [0, 0.1) is 0 Å². The molecule has 1 aromatic rings. The lowest BCUT2D eigenvalue weighted by molar-refractivity contribution is 0.187. The molecule has 0 fully saturated rings. The molecule has 19 heavy (non-hydrogen) atoms. The predicted molar refractivity (Wildman–Crippen MR) is 91.2 cm³/mol.